The summed E-state index contributed by atoms with van der Waals surface area (Å²) >= 11 is 0. The van der Waals surface area contributed by atoms with Crippen LogP contribution in [-0.4, -0.2) is 29.4 Å². The fourth-order valence-corrected chi connectivity index (χ4v) is 1.16. The van der Waals surface area contributed by atoms with Crippen molar-refractivity contribution in [1.82, 2.24) is 9.78 Å². The van der Waals surface area contributed by atoms with Gasteiger partial charge in [-0.15, -0.1) is 0 Å². The molecule has 0 aromatic carbocycles. The quantitative estimate of drug-likeness (QED) is 0.640. The molecule has 0 amide bonds. The van der Waals surface area contributed by atoms with Crippen LogP contribution in [0.15, 0.2) is 12.1 Å². The minimum absolute atomic E-state index is 0.316. The molecule has 1 aromatic rings. The molecule has 2 rings (SSSR count). The van der Waals surface area contributed by atoms with Crippen molar-refractivity contribution in [2.75, 3.05) is 19.0 Å². The Morgan fingerprint density at radius 1 is 1.77 bits per heavy atom. The van der Waals surface area contributed by atoms with Crippen LogP contribution in [0.5, 0.6) is 0 Å². The summed E-state index contributed by atoms with van der Waals surface area (Å²) < 4.78 is 6.15. The van der Waals surface area contributed by atoms with E-state index in [0.29, 0.717) is 5.69 Å². The monoisotopic (exact) mass is 179 g/mol. The molecule has 0 atom stereocenters. The van der Waals surface area contributed by atoms with E-state index >= 15 is 0 Å². The molecule has 1 aliphatic heterocycles. The molecule has 0 radical (unpaired) electrons. The van der Waals surface area contributed by atoms with Gasteiger partial charge in [0, 0.05) is 18.8 Å². The van der Waals surface area contributed by atoms with Gasteiger partial charge < -0.3 is 10.1 Å². The second-order valence-electron chi connectivity index (χ2n) is 2.62. The highest BCUT2D eigenvalue weighted by Gasteiger charge is 2.14. The highest BCUT2D eigenvalue weighted by atomic mass is 16.5. The Hall–Kier alpha value is -1.78. The van der Waals surface area contributed by atoms with Gasteiger partial charge in [-0.1, -0.05) is 0 Å². The molecule has 2 heterocycles. The number of methoxy groups -OCH3 is 1. The third kappa shape index (κ3) is 1.28. The Kier molecular flexibility index (Phi) is 1.77. The molecule has 1 aromatic heterocycles. The number of carbonyl (C=O) groups excluding carboxylic acids is 1. The Balaban J connectivity index is 2.36. The van der Waals surface area contributed by atoms with E-state index in [1.807, 2.05) is 6.08 Å². The number of hydrogen-bond donors (Lipinski definition) is 1. The van der Waals surface area contributed by atoms with Gasteiger partial charge in [-0.05, 0) is 6.08 Å². The van der Waals surface area contributed by atoms with Crippen molar-refractivity contribution in [3.05, 3.63) is 17.8 Å². The molecule has 0 fully saturated rings. The highest BCUT2D eigenvalue weighted by molar-refractivity contribution is 5.88. The van der Waals surface area contributed by atoms with Crippen LogP contribution in [0.1, 0.15) is 10.5 Å². The minimum atomic E-state index is -0.419. The molecule has 13 heavy (non-hydrogen) atoms. The van der Waals surface area contributed by atoms with E-state index in [0.717, 1.165) is 12.4 Å². The van der Waals surface area contributed by atoms with E-state index in [1.54, 1.807) is 16.9 Å². The maximum absolute atomic E-state index is 11.1. The van der Waals surface area contributed by atoms with Gasteiger partial charge >= 0.3 is 5.97 Å². The smallest absolute Gasteiger partial charge is 0.358 e. The van der Waals surface area contributed by atoms with Gasteiger partial charge in [-0.3, -0.25) is 0 Å². The van der Waals surface area contributed by atoms with Gasteiger partial charge in [0.15, 0.2) is 5.69 Å². The molecule has 0 bridgehead atoms. The normalized spacial score (nSPS) is 13.3. The Morgan fingerprint density at radius 2 is 2.62 bits per heavy atom. The number of nitrogens with one attached hydrogen (secondary N) is 1. The van der Waals surface area contributed by atoms with E-state index in [9.17, 15) is 4.79 Å². The topological polar surface area (TPSA) is 56.2 Å². The lowest BCUT2D eigenvalue weighted by molar-refractivity contribution is 0.0593. The number of ether oxygens (including phenoxy) is 1. The molecule has 0 aliphatic carbocycles. The summed E-state index contributed by atoms with van der Waals surface area (Å²) in [6.45, 7) is 0.756. The largest absolute Gasteiger partial charge is 0.464 e. The lowest BCUT2D eigenvalue weighted by Gasteiger charge is -2.07. The van der Waals surface area contributed by atoms with E-state index in [2.05, 4.69) is 15.2 Å². The number of anilines is 1. The summed E-state index contributed by atoms with van der Waals surface area (Å²) in [7, 11) is 1.34. The van der Waals surface area contributed by atoms with Crippen molar-refractivity contribution >= 4 is 18.0 Å². The number of carbonyl (C=O) groups is 1. The van der Waals surface area contributed by atoms with E-state index in [1.165, 1.54) is 7.11 Å². The third-order valence-corrected chi connectivity index (χ3v) is 1.78. The number of esters is 1. The van der Waals surface area contributed by atoms with Crippen molar-refractivity contribution < 1.29 is 9.53 Å². The van der Waals surface area contributed by atoms with E-state index in [-0.39, 0.29) is 0 Å². The number of aromatic nitrogens is 2. The number of hydrogen-bond acceptors (Lipinski definition) is 4. The lowest BCUT2D eigenvalue weighted by atomic mass is 10.4. The Morgan fingerprint density at radius 3 is 3.31 bits per heavy atom. The zero-order valence-electron chi connectivity index (χ0n) is 7.15. The highest BCUT2D eigenvalue weighted by Crippen LogP contribution is 2.14. The first-order valence-electron chi connectivity index (χ1n) is 3.89. The van der Waals surface area contributed by atoms with Crippen LogP contribution in [0.25, 0.3) is 6.20 Å². The van der Waals surface area contributed by atoms with Crippen LogP contribution in [0.2, 0.25) is 0 Å². The van der Waals surface area contributed by atoms with Crippen LogP contribution in [0.3, 0.4) is 0 Å². The van der Waals surface area contributed by atoms with Gasteiger partial charge in [0.1, 0.15) is 5.82 Å². The van der Waals surface area contributed by atoms with E-state index < -0.39 is 5.97 Å². The molecule has 5 heteroatoms. The maximum Gasteiger partial charge on any atom is 0.358 e. The first-order valence-corrected chi connectivity index (χ1v) is 3.89. The average molecular weight is 179 g/mol. The van der Waals surface area contributed by atoms with Gasteiger partial charge in [-0.25, -0.2) is 9.48 Å². The van der Waals surface area contributed by atoms with Crippen molar-refractivity contribution in [2.45, 2.75) is 0 Å². The second kappa shape index (κ2) is 2.93. The van der Waals surface area contributed by atoms with Crippen LogP contribution in [0.4, 0.5) is 5.82 Å². The number of fused-ring (bicyclic) bond motifs is 1. The summed E-state index contributed by atoms with van der Waals surface area (Å²) in [6, 6.07) is 1.66. The second-order valence-corrected chi connectivity index (χ2v) is 2.62. The van der Waals surface area contributed by atoms with Crippen molar-refractivity contribution in [3.8, 4) is 0 Å². The summed E-state index contributed by atoms with van der Waals surface area (Å²) in [5, 5.41) is 7.08. The first-order chi connectivity index (χ1) is 6.31. The van der Waals surface area contributed by atoms with Gasteiger partial charge in [0.05, 0.1) is 7.11 Å². The van der Waals surface area contributed by atoms with Crippen LogP contribution < -0.4 is 5.32 Å². The van der Waals surface area contributed by atoms with Crippen molar-refractivity contribution in [2.24, 2.45) is 0 Å². The van der Waals surface area contributed by atoms with Crippen LogP contribution in [-0.2, 0) is 4.74 Å². The standard InChI is InChI=1S/C8H9N3O2/c1-13-8(12)6-5-7-9-3-2-4-11(7)10-6/h2,4-5,9H,3H2,1H3. The van der Waals surface area contributed by atoms with E-state index in [4.69, 9.17) is 0 Å². The molecule has 1 N–H and O–H groups in total. The van der Waals surface area contributed by atoms with Crippen LogP contribution >= 0.6 is 0 Å². The predicted octanol–water partition coefficient (Wildman–Crippen LogP) is 0.566. The zero-order chi connectivity index (χ0) is 9.26. The van der Waals surface area contributed by atoms with Crippen LogP contribution in [0, 0.1) is 0 Å². The Bertz CT molecular complexity index is 367. The molecular formula is C8H9N3O2. The average Bonchev–Trinajstić information content (AvgIpc) is 2.59. The molecule has 0 saturated carbocycles. The molecule has 1 aliphatic rings. The van der Waals surface area contributed by atoms with Crippen molar-refractivity contribution in [3.63, 3.8) is 0 Å². The molecular weight excluding hydrogens is 170 g/mol. The fraction of sp³-hybridized carbons (Fsp3) is 0.250. The SMILES string of the molecule is COC(=O)c1cc2n(n1)C=CCN2. The molecule has 5 nitrogen and oxygen atoms in total. The fourth-order valence-electron chi connectivity index (χ4n) is 1.16. The molecule has 0 unspecified atom stereocenters. The summed E-state index contributed by atoms with van der Waals surface area (Å²) in [5.74, 6) is 0.389. The summed E-state index contributed by atoms with van der Waals surface area (Å²) in [4.78, 5) is 11.1. The van der Waals surface area contributed by atoms with Gasteiger partial charge in [-0.2, -0.15) is 5.10 Å². The molecule has 0 spiro atoms. The van der Waals surface area contributed by atoms with Crippen molar-refractivity contribution in [1.29, 1.82) is 0 Å². The summed E-state index contributed by atoms with van der Waals surface area (Å²) in [5.41, 5.74) is 0.316. The summed E-state index contributed by atoms with van der Waals surface area (Å²) in [6.07, 6.45) is 3.72. The minimum Gasteiger partial charge on any atom is -0.464 e. The zero-order valence-corrected chi connectivity index (χ0v) is 7.15. The predicted molar refractivity (Wildman–Crippen MR) is 47.4 cm³/mol. The number of nitrogens with zero attached hydrogens (tertiary/aromatic N) is 2. The third-order valence-electron chi connectivity index (χ3n) is 1.78. The first kappa shape index (κ1) is 7.85. The maximum atomic E-state index is 11.1. The van der Waals surface area contributed by atoms with Gasteiger partial charge in [0.2, 0.25) is 0 Å². The Labute approximate surface area is 75.0 Å². The van der Waals surface area contributed by atoms with Gasteiger partial charge in [0.25, 0.3) is 0 Å². The molecule has 0 saturated heterocycles. The number of rotatable bonds is 1. The molecule has 68 valence electrons. The lowest BCUT2D eigenvalue weighted by Crippen LogP contribution is -2.08.